The zero-order valence-electron chi connectivity index (χ0n) is 11.5. The monoisotopic (exact) mass is 325 g/mol. The van der Waals surface area contributed by atoms with Gasteiger partial charge in [-0.25, -0.2) is 4.98 Å². The van der Waals surface area contributed by atoms with Gasteiger partial charge in [0.25, 0.3) is 0 Å². The van der Waals surface area contributed by atoms with Crippen LogP contribution in [0.25, 0.3) is 15.9 Å². The van der Waals surface area contributed by atoms with Crippen molar-refractivity contribution >= 4 is 33.3 Å². The lowest BCUT2D eigenvalue weighted by Gasteiger charge is -2.02. The lowest BCUT2D eigenvalue weighted by Crippen LogP contribution is -2.01. The molecule has 4 aromatic rings. The summed E-state index contributed by atoms with van der Waals surface area (Å²) in [7, 11) is 0. The maximum atomic E-state index is 4.62. The molecule has 0 aliphatic rings. The van der Waals surface area contributed by atoms with Crippen molar-refractivity contribution in [1.29, 1.82) is 0 Å². The van der Waals surface area contributed by atoms with Crippen molar-refractivity contribution in [3.05, 3.63) is 60.4 Å². The van der Waals surface area contributed by atoms with E-state index in [1.54, 1.807) is 27.8 Å². The van der Waals surface area contributed by atoms with Crippen LogP contribution in [-0.4, -0.2) is 25.2 Å². The standard InChI is InChI=1S/C15H11N5S2/c1-2-6-11(7-3-1)20-14(17-18-19-20)10-21-15-16-12-8-4-5-9-13(12)22-15/h1-9H,10H2. The van der Waals surface area contributed by atoms with E-state index < -0.39 is 0 Å². The normalized spacial score (nSPS) is 11.1. The molecule has 0 bridgehead atoms. The van der Waals surface area contributed by atoms with Gasteiger partial charge in [-0.1, -0.05) is 42.1 Å². The Morgan fingerprint density at radius 2 is 1.82 bits per heavy atom. The maximum absolute atomic E-state index is 4.62. The van der Waals surface area contributed by atoms with Gasteiger partial charge in [0.05, 0.1) is 21.7 Å². The zero-order valence-corrected chi connectivity index (χ0v) is 13.1. The molecule has 2 heterocycles. The van der Waals surface area contributed by atoms with Crippen molar-refractivity contribution in [2.24, 2.45) is 0 Å². The number of nitrogens with zero attached hydrogens (tertiary/aromatic N) is 5. The largest absolute Gasteiger partial charge is 0.230 e. The molecule has 22 heavy (non-hydrogen) atoms. The van der Waals surface area contributed by atoms with Crippen molar-refractivity contribution < 1.29 is 0 Å². The van der Waals surface area contributed by atoms with Gasteiger partial charge in [0.15, 0.2) is 10.2 Å². The van der Waals surface area contributed by atoms with E-state index in [-0.39, 0.29) is 0 Å². The van der Waals surface area contributed by atoms with Crippen LogP contribution in [0.5, 0.6) is 0 Å². The van der Waals surface area contributed by atoms with E-state index in [4.69, 9.17) is 0 Å². The molecule has 0 spiro atoms. The fourth-order valence-electron chi connectivity index (χ4n) is 2.10. The van der Waals surface area contributed by atoms with Crippen molar-refractivity contribution in [1.82, 2.24) is 25.2 Å². The summed E-state index contributed by atoms with van der Waals surface area (Å²) in [6.45, 7) is 0. The van der Waals surface area contributed by atoms with E-state index in [0.717, 1.165) is 21.4 Å². The van der Waals surface area contributed by atoms with Crippen LogP contribution in [0.2, 0.25) is 0 Å². The summed E-state index contributed by atoms with van der Waals surface area (Å²) in [5, 5.41) is 12.0. The molecule has 0 fully saturated rings. The highest BCUT2D eigenvalue weighted by Crippen LogP contribution is 2.31. The molecule has 2 aromatic heterocycles. The summed E-state index contributed by atoms with van der Waals surface area (Å²) in [5.41, 5.74) is 2.00. The van der Waals surface area contributed by atoms with E-state index in [2.05, 4.69) is 26.6 Å². The van der Waals surface area contributed by atoms with Crippen LogP contribution in [0.1, 0.15) is 5.82 Å². The molecule has 7 heteroatoms. The van der Waals surface area contributed by atoms with Crippen molar-refractivity contribution in [2.45, 2.75) is 10.1 Å². The molecule has 5 nitrogen and oxygen atoms in total. The van der Waals surface area contributed by atoms with E-state index in [1.807, 2.05) is 48.5 Å². The summed E-state index contributed by atoms with van der Waals surface area (Å²) < 4.78 is 4.00. The molecule has 0 atom stereocenters. The Labute approximate surface area is 135 Å². The third-order valence-corrected chi connectivity index (χ3v) is 5.31. The Kier molecular flexibility index (Phi) is 3.57. The Balaban J connectivity index is 1.56. The number of hydrogen-bond donors (Lipinski definition) is 0. The van der Waals surface area contributed by atoms with Gasteiger partial charge < -0.3 is 0 Å². The van der Waals surface area contributed by atoms with E-state index in [1.165, 1.54) is 4.70 Å². The summed E-state index contributed by atoms with van der Waals surface area (Å²) in [4.78, 5) is 4.62. The van der Waals surface area contributed by atoms with Gasteiger partial charge in [-0.3, -0.25) is 0 Å². The van der Waals surface area contributed by atoms with Gasteiger partial charge in [-0.05, 0) is 34.7 Å². The lowest BCUT2D eigenvalue weighted by atomic mass is 10.3. The number of para-hydroxylation sites is 2. The molecule has 0 aliphatic carbocycles. The summed E-state index contributed by atoms with van der Waals surface area (Å²) in [6, 6.07) is 18.1. The number of tetrazole rings is 1. The fourth-order valence-corrected chi connectivity index (χ4v) is 4.08. The summed E-state index contributed by atoms with van der Waals surface area (Å²) >= 11 is 3.35. The highest BCUT2D eigenvalue weighted by molar-refractivity contribution is 8.00. The van der Waals surface area contributed by atoms with Gasteiger partial charge in [-0.2, -0.15) is 4.68 Å². The molecule has 4 rings (SSSR count). The second-order valence-corrected chi connectivity index (χ2v) is 6.83. The van der Waals surface area contributed by atoms with Crippen LogP contribution < -0.4 is 0 Å². The van der Waals surface area contributed by atoms with Crippen molar-refractivity contribution in [3.8, 4) is 5.69 Å². The molecular weight excluding hydrogens is 314 g/mol. The van der Waals surface area contributed by atoms with E-state index >= 15 is 0 Å². The molecule has 0 aliphatic heterocycles. The van der Waals surface area contributed by atoms with E-state index in [0.29, 0.717) is 5.75 Å². The smallest absolute Gasteiger partial charge is 0.167 e. The van der Waals surface area contributed by atoms with Crippen LogP contribution in [0.15, 0.2) is 58.9 Å². The molecule has 0 N–H and O–H groups in total. The Morgan fingerprint density at radius 1 is 1.00 bits per heavy atom. The van der Waals surface area contributed by atoms with Crippen LogP contribution in [0.4, 0.5) is 0 Å². The van der Waals surface area contributed by atoms with Crippen LogP contribution in [0, 0.1) is 0 Å². The number of aromatic nitrogens is 5. The fraction of sp³-hybridized carbons (Fsp3) is 0.0667. The Hall–Kier alpha value is -2.25. The minimum absolute atomic E-state index is 0.682. The minimum atomic E-state index is 0.682. The molecule has 0 unspecified atom stereocenters. The first kappa shape index (κ1) is 13.4. The highest BCUT2D eigenvalue weighted by atomic mass is 32.2. The Bertz CT molecular complexity index is 867. The SMILES string of the molecule is c1ccc(-n2nnnc2CSc2nc3ccccc3s2)cc1. The quantitative estimate of drug-likeness (QED) is 0.537. The number of thioether (sulfide) groups is 1. The molecule has 2 aromatic carbocycles. The third kappa shape index (κ3) is 2.60. The van der Waals surface area contributed by atoms with Gasteiger partial charge in [0, 0.05) is 0 Å². The number of benzene rings is 2. The summed E-state index contributed by atoms with van der Waals surface area (Å²) in [6.07, 6.45) is 0. The number of rotatable bonds is 4. The third-order valence-electron chi connectivity index (χ3n) is 3.13. The van der Waals surface area contributed by atoms with Crippen LogP contribution >= 0.6 is 23.1 Å². The first-order valence-electron chi connectivity index (χ1n) is 6.71. The number of thiazole rings is 1. The molecular formula is C15H11N5S2. The lowest BCUT2D eigenvalue weighted by molar-refractivity contribution is 0.777. The van der Waals surface area contributed by atoms with Gasteiger partial charge in [0.1, 0.15) is 0 Å². The molecule has 0 saturated heterocycles. The maximum Gasteiger partial charge on any atom is 0.167 e. The molecule has 0 amide bonds. The average molecular weight is 325 g/mol. The average Bonchev–Trinajstić information content (AvgIpc) is 3.20. The molecule has 108 valence electrons. The van der Waals surface area contributed by atoms with Gasteiger partial charge in [0.2, 0.25) is 0 Å². The Morgan fingerprint density at radius 3 is 2.68 bits per heavy atom. The second-order valence-electron chi connectivity index (χ2n) is 4.58. The predicted octanol–water partition coefficient (Wildman–Crippen LogP) is 3.56. The van der Waals surface area contributed by atoms with E-state index in [9.17, 15) is 0 Å². The van der Waals surface area contributed by atoms with Crippen LogP contribution in [0.3, 0.4) is 0 Å². The van der Waals surface area contributed by atoms with Crippen molar-refractivity contribution in [2.75, 3.05) is 0 Å². The first-order valence-corrected chi connectivity index (χ1v) is 8.51. The second kappa shape index (κ2) is 5.86. The highest BCUT2D eigenvalue weighted by Gasteiger charge is 2.10. The molecule has 0 saturated carbocycles. The molecule has 0 radical (unpaired) electrons. The topological polar surface area (TPSA) is 56.5 Å². The van der Waals surface area contributed by atoms with Crippen molar-refractivity contribution in [3.63, 3.8) is 0 Å². The minimum Gasteiger partial charge on any atom is -0.230 e. The number of hydrogen-bond acceptors (Lipinski definition) is 6. The zero-order chi connectivity index (χ0) is 14.8. The number of fused-ring (bicyclic) bond motifs is 1. The predicted molar refractivity (Wildman–Crippen MR) is 88.3 cm³/mol. The first-order chi connectivity index (χ1) is 10.9. The van der Waals surface area contributed by atoms with Gasteiger partial charge >= 0.3 is 0 Å². The van der Waals surface area contributed by atoms with Crippen LogP contribution in [-0.2, 0) is 5.75 Å². The van der Waals surface area contributed by atoms with Gasteiger partial charge in [-0.15, -0.1) is 16.4 Å². The summed E-state index contributed by atoms with van der Waals surface area (Å²) in [5.74, 6) is 1.50.